The molecule has 0 aliphatic carbocycles. The summed E-state index contributed by atoms with van der Waals surface area (Å²) in [7, 11) is 1.23. The van der Waals surface area contributed by atoms with Gasteiger partial charge < -0.3 is 9.30 Å². The topological polar surface area (TPSA) is 77.7 Å². The van der Waals surface area contributed by atoms with Gasteiger partial charge in [0.1, 0.15) is 5.71 Å². The monoisotopic (exact) mass is 364 g/mol. The quantitative estimate of drug-likeness (QED) is 0.353. The van der Waals surface area contributed by atoms with Gasteiger partial charge in [-0.1, -0.05) is 24.0 Å². The van der Waals surface area contributed by atoms with Gasteiger partial charge in [0.2, 0.25) is 5.56 Å². The van der Waals surface area contributed by atoms with Crippen LogP contribution in [0.4, 0.5) is 0 Å². The summed E-state index contributed by atoms with van der Waals surface area (Å²) in [6.45, 7) is 2.03. The highest BCUT2D eigenvalue weighted by Gasteiger charge is 2.10. The number of methoxy groups -OCH3 is 1. The van der Waals surface area contributed by atoms with Gasteiger partial charge in [0.25, 0.3) is 5.91 Å². The Morgan fingerprint density at radius 3 is 2.74 bits per heavy atom. The molecule has 0 aliphatic heterocycles. The fraction of sp³-hybridized carbons (Fsp3) is 0.238. The summed E-state index contributed by atoms with van der Waals surface area (Å²) >= 11 is 0. The molecule has 1 heterocycles. The third-order valence-corrected chi connectivity index (χ3v) is 3.69. The summed E-state index contributed by atoms with van der Waals surface area (Å²) < 4.78 is 6.16. The maximum atomic E-state index is 12.1. The van der Waals surface area contributed by atoms with E-state index in [-0.39, 0.29) is 11.3 Å². The van der Waals surface area contributed by atoms with E-state index in [1.54, 1.807) is 41.1 Å². The van der Waals surface area contributed by atoms with Crippen molar-refractivity contribution in [3.63, 3.8) is 0 Å². The standard InChI is InChI=1S/C21H20N2O4/c1-16(21(26)27-2)22-20(25)18-11-8-10-17(15-18)9-4-3-6-13-23-14-7-5-12-19(23)24/h5,7-8,10-12,14-15H,3,6,13H2,1-2H3. The van der Waals surface area contributed by atoms with Crippen LogP contribution in [0.2, 0.25) is 0 Å². The minimum absolute atomic E-state index is 0.00450. The Hall–Kier alpha value is -3.46. The number of aliphatic imine (C=N–C) groups is 1. The van der Waals surface area contributed by atoms with E-state index in [1.807, 2.05) is 6.07 Å². The molecule has 0 fully saturated rings. The molecule has 0 aliphatic rings. The zero-order valence-corrected chi connectivity index (χ0v) is 15.3. The zero-order valence-electron chi connectivity index (χ0n) is 15.3. The molecule has 0 bridgehead atoms. The van der Waals surface area contributed by atoms with Crippen molar-refractivity contribution < 1.29 is 14.3 Å². The maximum Gasteiger partial charge on any atom is 0.352 e. The highest BCUT2D eigenvalue weighted by molar-refractivity contribution is 6.37. The van der Waals surface area contributed by atoms with Gasteiger partial charge in [-0.15, -0.1) is 0 Å². The fourth-order valence-corrected chi connectivity index (χ4v) is 2.29. The molecule has 0 atom stereocenters. The van der Waals surface area contributed by atoms with E-state index < -0.39 is 11.9 Å². The second kappa shape index (κ2) is 9.88. The van der Waals surface area contributed by atoms with Gasteiger partial charge >= 0.3 is 5.97 Å². The molecular formula is C21H20N2O4. The number of amides is 1. The maximum absolute atomic E-state index is 12.1. The van der Waals surface area contributed by atoms with Gasteiger partial charge in [0.15, 0.2) is 0 Å². The number of pyridine rings is 1. The van der Waals surface area contributed by atoms with Crippen LogP contribution in [0.25, 0.3) is 0 Å². The van der Waals surface area contributed by atoms with Crippen molar-refractivity contribution in [1.82, 2.24) is 4.57 Å². The normalized spacial score (nSPS) is 10.7. The third-order valence-electron chi connectivity index (χ3n) is 3.69. The summed E-state index contributed by atoms with van der Waals surface area (Å²) in [4.78, 5) is 38.8. The second-order valence-corrected chi connectivity index (χ2v) is 5.71. The third kappa shape index (κ3) is 6.08. The van der Waals surface area contributed by atoms with Crippen molar-refractivity contribution in [2.24, 2.45) is 4.99 Å². The highest BCUT2D eigenvalue weighted by Crippen LogP contribution is 2.07. The molecule has 0 saturated heterocycles. The fourth-order valence-electron chi connectivity index (χ4n) is 2.29. The van der Waals surface area contributed by atoms with Crippen LogP contribution in [-0.2, 0) is 16.1 Å². The summed E-state index contributed by atoms with van der Waals surface area (Å²) in [5.41, 5.74) is 0.999. The van der Waals surface area contributed by atoms with Crippen LogP contribution in [0.3, 0.4) is 0 Å². The molecule has 1 amide bonds. The number of benzene rings is 1. The van der Waals surface area contributed by atoms with Gasteiger partial charge in [0.05, 0.1) is 7.11 Å². The van der Waals surface area contributed by atoms with Gasteiger partial charge in [-0.25, -0.2) is 9.79 Å². The smallest absolute Gasteiger partial charge is 0.352 e. The number of aromatic nitrogens is 1. The highest BCUT2D eigenvalue weighted by atomic mass is 16.5. The number of hydrogen-bond acceptors (Lipinski definition) is 4. The zero-order chi connectivity index (χ0) is 19.6. The second-order valence-electron chi connectivity index (χ2n) is 5.71. The first-order valence-electron chi connectivity index (χ1n) is 8.43. The summed E-state index contributed by atoms with van der Waals surface area (Å²) in [6.07, 6.45) is 3.12. The Kier molecular flexibility index (Phi) is 7.26. The van der Waals surface area contributed by atoms with Gasteiger partial charge in [-0.3, -0.25) is 9.59 Å². The SMILES string of the molecule is COC(=O)C(C)=NC(=O)c1cccc(C#CCCCn2ccccc2=O)c1. The molecular weight excluding hydrogens is 344 g/mol. The molecule has 27 heavy (non-hydrogen) atoms. The van der Waals surface area contributed by atoms with Gasteiger partial charge in [-0.2, -0.15) is 0 Å². The van der Waals surface area contributed by atoms with E-state index >= 15 is 0 Å². The van der Waals surface area contributed by atoms with Crippen LogP contribution < -0.4 is 5.56 Å². The first kappa shape index (κ1) is 19.9. The first-order chi connectivity index (χ1) is 13.0. The van der Waals surface area contributed by atoms with E-state index in [4.69, 9.17) is 0 Å². The summed E-state index contributed by atoms with van der Waals surface area (Å²) in [5.74, 6) is 4.87. The number of rotatable bonds is 5. The lowest BCUT2D eigenvalue weighted by atomic mass is 10.1. The van der Waals surface area contributed by atoms with Crippen LogP contribution in [0.5, 0.6) is 0 Å². The number of ether oxygens (including phenoxy) is 1. The molecule has 138 valence electrons. The van der Waals surface area contributed by atoms with E-state index in [0.717, 1.165) is 6.42 Å². The van der Waals surface area contributed by atoms with E-state index in [0.29, 0.717) is 24.1 Å². The molecule has 0 saturated carbocycles. The molecule has 1 aromatic carbocycles. The lowest BCUT2D eigenvalue weighted by molar-refractivity contribution is -0.132. The Morgan fingerprint density at radius 2 is 2.00 bits per heavy atom. The van der Waals surface area contributed by atoms with E-state index in [2.05, 4.69) is 21.6 Å². The molecule has 0 radical (unpaired) electrons. The predicted octanol–water partition coefficient (Wildman–Crippen LogP) is 2.45. The average Bonchev–Trinajstić information content (AvgIpc) is 2.68. The van der Waals surface area contributed by atoms with Crippen molar-refractivity contribution >= 4 is 17.6 Å². The molecule has 6 heteroatoms. The molecule has 2 rings (SSSR count). The summed E-state index contributed by atoms with van der Waals surface area (Å²) in [5, 5.41) is 0. The van der Waals surface area contributed by atoms with Crippen LogP contribution >= 0.6 is 0 Å². The Balaban J connectivity index is 1.97. The Labute approximate surface area is 157 Å². The van der Waals surface area contributed by atoms with Crippen molar-refractivity contribution in [2.75, 3.05) is 7.11 Å². The van der Waals surface area contributed by atoms with Gasteiger partial charge in [-0.05, 0) is 37.6 Å². The number of carbonyl (C=O) groups excluding carboxylic acids is 2. The molecule has 1 aromatic heterocycles. The van der Waals surface area contributed by atoms with Crippen molar-refractivity contribution in [2.45, 2.75) is 26.3 Å². The Bertz CT molecular complexity index is 977. The molecule has 0 N–H and O–H groups in total. The molecule has 6 nitrogen and oxygen atoms in total. The number of carbonyl (C=O) groups is 2. The number of unbranched alkanes of at least 4 members (excludes halogenated alkanes) is 1. The summed E-state index contributed by atoms with van der Waals surface area (Å²) in [6, 6.07) is 11.8. The predicted molar refractivity (Wildman–Crippen MR) is 103 cm³/mol. The minimum atomic E-state index is -0.642. The number of esters is 1. The molecule has 2 aromatic rings. The van der Waals surface area contributed by atoms with E-state index in [1.165, 1.54) is 20.1 Å². The van der Waals surface area contributed by atoms with Crippen LogP contribution in [0, 0.1) is 11.8 Å². The average molecular weight is 364 g/mol. The Morgan fingerprint density at radius 1 is 1.19 bits per heavy atom. The molecule has 0 unspecified atom stereocenters. The van der Waals surface area contributed by atoms with E-state index in [9.17, 15) is 14.4 Å². The number of aryl methyl sites for hydroxylation is 1. The lowest BCUT2D eigenvalue weighted by Gasteiger charge is -2.01. The lowest BCUT2D eigenvalue weighted by Crippen LogP contribution is -2.17. The minimum Gasteiger partial charge on any atom is -0.465 e. The molecule has 0 spiro atoms. The van der Waals surface area contributed by atoms with Gasteiger partial charge in [0, 0.05) is 36.4 Å². The number of nitrogens with zero attached hydrogens (tertiary/aromatic N) is 2. The van der Waals surface area contributed by atoms with Crippen LogP contribution in [0.15, 0.2) is 58.4 Å². The van der Waals surface area contributed by atoms with Crippen molar-refractivity contribution in [3.8, 4) is 11.8 Å². The van der Waals surface area contributed by atoms with Crippen molar-refractivity contribution in [1.29, 1.82) is 0 Å². The van der Waals surface area contributed by atoms with Crippen LogP contribution in [0.1, 0.15) is 35.7 Å². The largest absolute Gasteiger partial charge is 0.465 e. The van der Waals surface area contributed by atoms with Crippen molar-refractivity contribution in [3.05, 3.63) is 70.1 Å². The number of hydrogen-bond donors (Lipinski definition) is 0. The van der Waals surface area contributed by atoms with Crippen LogP contribution in [-0.4, -0.2) is 29.3 Å². The first-order valence-corrected chi connectivity index (χ1v) is 8.43.